The Morgan fingerprint density at radius 1 is 1.03 bits per heavy atom. The molecule has 29 heavy (non-hydrogen) atoms. The highest BCUT2D eigenvalue weighted by Gasteiger charge is 2.46. The van der Waals surface area contributed by atoms with Crippen LogP contribution in [0, 0.1) is 6.92 Å². The highest BCUT2D eigenvalue weighted by Crippen LogP contribution is 2.39. The third-order valence-electron chi connectivity index (χ3n) is 4.91. The Hall–Kier alpha value is -3.80. The Balaban J connectivity index is 1.85. The molecule has 1 amide bonds. The van der Waals surface area contributed by atoms with E-state index in [0.717, 1.165) is 11.1 Å². The number of rotatable bonds is 4. The first-order chi connectivity index (χ1) is 14.1. The molecule has 1 N–H and O–H groups in total. The number of aromatic nitrogens is 2. The van der Waals surface area contributed by atoms with Gasteiger partial charge in [0.25, 0.3) is 11.7 Å². The van der Waals surface area contributed by atoms with Crippen molar-refractivity contribution in [3.05, 3.63) is 101 Å². The van der Waals surface area contributed by atoms with Crippen molar-refractivity contribution < 1.29 is 14.7 Å². The number of likely N-dealkylation sites (tertiary alicyclic amines) is 1. The Labute approximate surface area is 168 Å². The zero-order valence-electron chi connectivity index (χ0n) is 15.8. The number of aliphatic hydroxyl groups excluding tert-OH is 1. The molecule has 0 aliphatic carbocycles. The molecular formula is C23H19N3O3. The van der Waals surface area contributed by atoms with Crippen LogP contribution in [0.4, 0.5) is 0 Å². The predicted molar refractivity (Wildman–Crippen MR) is 107 cm³/mol. The van der Waals surface area contributed by atoms with Crippen LogP contribution < -0.4 is 0 Å². The molecule has 4 rings (SSSR count). The van der Waals surface area contributed by atoms with E-state index in [4.69, 9.17) is 0 Å². The molecule has 1 aromatic carbocycles. The van der Waals surface area contributed by atoms with E-state index in [9.17, 15) is 14.7 Å². The first-order valence-corrected chi connectivity index (χ1v) is 9.21. The number of ketones is 1. The number of carbonyl (C=O) groups is 2. The summed E-state index contributed by atoms with van der Waals surface area (Å²) >= 11 is 0. The fourth-order valence-electron chi connectivity index (χ4n) is 3.44. The highest BCUT2D eigenvalue weighted by molar-refractivity contribution is 6.46. The molecule has 1 atom stereocenters. The molecule has 1 aliphatic heterocycles. The third-order valence-corrected chi connectivity index (χ3v) is 4.91. The molecule has 6 heteroatoms. The van der Waals surface area contributed by atoms with Gasteiger partial charge >= 0.3 is 0 Å². The fourth-order valence-corrected chi connectivity index (χ4v) is 3.44. The maximum absolute atomic E-state index is 12.9. The number of benzene rings is 1. The maximum Gasteiger partial charge on any atom is 0.296 e. The lowest BCUT2D eigenvalue weighted by Gasteiger charge is -2.24. The summed E-state index contributed by atoms with van der Waals surface area (Å²) in [5, 5.41) is 11.0. The van der Waals surface area contributed by atoms with Gasteiger partial charge in [-0.1, -0.05) is 42.0 Å². The molecular weight excluding hydrogens is 366 g/mol. The van der Waals surface area contributed by atoms with E-state index in [0.29, 0.717) is 11.3 Å². The van der Waals surface area contributed by atoms with Gasteiger partial charge in [-0.05, 0) is 30.7 Å². The minimum absolute atomic E-state index is 0.0430. The lowest BCUT2D eigenvalue weighted by atomic mass is 9.98. The van der Waals surface area contributed by atoms with Gasteiger partial charge in [-0.3, -0.25) is 19.6 Å². The van der Waals surface area contributed by atoms with Gasteiger partial charge in [0.1, 0.15) is 11.8 Å². The second kappa shape index (κ2) is 7.67. The number of nitrogens with zero attached hydrogens (tertiary/aromatic N) is 3. The monoisotopic (exact) mass is 385 g/mol. The molecule has 2 aromatic heterocycles. The van der Waals surface area contributed by atoms with Gasteiger partial charge in [-0.25, -0.2) is 0 Å². The molecule has 1 fully saturated rings. The first-order valence-electron chi connectivity index (χ1n) is 9.21. The van der Waals surface area contributed by atoms with Crippen LogP contribution in [0.2, 0.25) is 0 Å². The van der Waals surface area contributed by atoms with Gasteiger partial charge < -0.3 is 10.0 Å². The lowest BCUT2D eigenvalue weighted by molar-refractivity contribution is -0.140. The molecule has 1 aliphatic rings. The topological polar surface area (TPSA) is 83.4 Å². The van der Waals surface area contributed by atoms with Crippen LogP contribution in [0.25, 0.3) is 5.76 Å². The smallest absolute Gasteiger partial charge is 0.296 e. The van der Waals surface area contributed by atoms with Crippen LogP contribution in [0.15, 0.2) is 78.8 Å². The van der Waals surface area contributed by atoms with Crippen molar-refractivity contribution in [2.24, 2.45) is 0 Å². The molecule has 1 saturated heterocycles. The van der Waals surface area contributed by atoms with E-state index in [1.54, 1.807) is 55.0 Å². The van der Waals surface area contributed by atoms with Crippen LogP contribution in [-0.4, -0.2) is 31.7 Å². The van der Waals surface area contributed by atoms with E-state index >= 15 is 0 Å². The summed E-state index contributed by atoms with van der Waals surface area (Å²) in [5.41, 5.74) is 2.85. The summed E-state index contributed by atoms with van der Waals surface area (Å²) < 4.78 is 0. The van der Waals surface area contributed by atoms with Crippen molar-refractivity contribution in [1.29, 1.82) is 0 Å². The van der Waals surface area contributed by atoms with E-state index in [1.165, 1.54) is 4.90 Å². The Kier molecular flexibility index (Phi) is 4.91. The molecule has 3 aromatic rings. The van der Waals surface area contributed by atoms with Gasteiger partial charge in [0.15, 0.2) is 0 Å². The molecule has 144 valence electrons. The van der Waals surface area contributed by atoms with Gasteiger partial charge in [0, 0.05) is 30.7 Å². The summed E-state index contributed by atoms with van der Waals surface area (Å²) in [5.74, 6) is -1.59. The maximum atomic E-state index is 12.9. The van der Waals surface area contributed by atoms with E-state index < -0.39 is 17.7 Å². The van der Waals surface area contributed by atoms with Crippen molar-refractivity contribution in [3.8, 4) is 0 Å². The summed E-state index contributed by atoms with van der Waals surface area (Å²) in [4.78, 5) is 35.7. The zero-order valence-corrected chi connectivity index (χ0v) is 15.8. The quantitative estimate of drug-likeness (QED) is 0.423. The third kappa shape index (κ3) is 3.52. The number of aliphatic hydroxyl groups is 1. The number of hydrogen-bond acceptors (Lipinski definition) is 5. The molecule has 0 saturated carbocycles. The van der Waals surface area contributed by atoms with Crippen LogP contribution in [-0.2, 0) is 16.1 Å². The van der Waals surface area contributed by atoms with E-state index in [1.807, 2.05) is 25.1 Å². The molecule has 3 heterocycles. The van der Waals surface area contributed by atoms with Gasteiger partial charge in [0.2, 0.25) is 0 Å². The van der Waals surface area contributed by atoms with Crippen LogP contribution in [0.5, 0.6) is 0 Å². The number of pyridine rings is 2. The Morgan fingerprint density at radius 2 is 1.83 bits per heavy atom. The number of hydrogen-bond donors (Lipinski definition) is 1. The summed E-state index contributed by atoms with van der Waals surface area (Å²) in [6.45, 7) is 2.12. The van der Waals surface area contributed by atoms with Gasteiger partial charge in [-0.2, -0.15) is 0 Å². The van der Waals surface area contributed by atoms with Crippen molar-refractivity contribution in [1.82, 2.24) is 14.9 Å². The minimum atomic E-state index is -0.780. The summed E-state index contributed by atoms with van der Waals surface area (Å²) in [6.07, 6.45) is 4.89. The number of carbonyl (C=O) groups excluding carboxylic acids is 2. The number of aryl methyl sites for hydroxylation is 1. The van der Waals surface area contributed by atoms with E-state index in [-0.39, 0.29) is 17.9 Å². The van der Waals surface area contributed by atoms with Gasteiger partial charge in [0.05, 0.1) is 11.3 Å². The van der Waals surface area contributed by atoms with Crippen molar-refractivity contribution in [3.63, 3.8) is 0 Å². The normalized spacial score (nSPS) is 18.2. The predicted octanol–water partition coefficient (Wildman–Crippen LogP) is 3.41. The highest BCUT2D eigenvalue weighted by atomic mass is 16.3. The average molecular weight is 385 g/mol. The Bertz CT molecular complexity index is 1080. The van der Waals surface area contributed by atoms with Crippen molar-refractivity contribution in [2.45, 2.75) is 19.5 Å². The molecule has 6 nitrogen and oxygen atoms in total. The first kappa shape index (κ1) is 18.6. The summed E-state index contributed by atoms with van der Waals surface area (Å²) in [6, 6.07) is 15.3. The number of Topliss-reactive ketones (excluding diaryl/α,β-unsaturated/α-hetero) is 1. The largest absolute Gasteiger partial charge is 0.507 e. The molecule has 0 spiro atoms. The van der Waals surface area contributed by atoms with Crippen molar-refractivity contribution >= 4 is 17.4 Å². The molecule has 1 unspecified atom stereocenters. The molecule has 0 radical (unpaired) electrons. The zero-order chi connectivity index (χ0) is 20.4. The standard InChI is InChI=1S/C23H19N3O3/c1-15-7-9-17(10-8-15)21(27)19-20(18-6-2-3-12-25-18)26(23(29)22(19)28)14-16-5-4-11-24-13-16/h2-13,20,27H,14H2,1H3/b21-19+. The number of amides is 1. The van der Waals surface area contributed by atoms with Gasteiger partial charge in [-0.15, -0.1) is 0 Å². The van der Waals surface area contributed by atoms with Crippen LogP contribution in [0.1, 0.15) is 28.4 Å². The second-order valence-corrected chi connectivity index (χ2v) is 6.91. The lowest BCUT2D eigenvalue weighted by Crippen LogP contribution is -2.29. The minimum Gasteiger partial charge on any atom is -0.507 e. The second-order valence-electron chi connectivity index (χ2n) is 6.91. The molecule has 0 bridgehead atoms. The van der Waals surface area contributed by atoms with E-state index in [2.05, 4.69) is 9.97 Å². The average Bonchev–Trinajstić information content (AvgIpc) is 3.00. The van der Waals surface area contributed by atoms with Crippen LogP contribution >= 0.6 is 0 Å². The van der Waals surface area contributed by atoms with Crippen molar-refractivity contribution in [2.75, 3.05) is 0 Å². The fraction of sp³-hybridized carbons (Fsp3) is 0.130. The Morgan fingerprint density at radius 3 is 2.48 bits per heavy atom. The SMILES string of the molecule is Cc1ccc(/C(O)=C2\C(=O)C(=O)N(Cc3cccnc3)C2c2ccccn2)cc1. The summed E-state index contributed by atoms with van der Waals surface area (Å²) in [7, 11) is 0. The van der Waals surface area contributed by atoms with Crippen LogP contribution in [0.3, 0.4) is 0 Å².